The summed E-state index contributed by atoms with van der Waals surface area (Å²) < 4.78 is 1.85. The predicted octanol–water partition coefficient (Wildman–Crippen LogP) is 2.46. The van der Waals surface area contributed by atoms with Gasteiger partial charge in [0.15, 0.2) is 11.6 Å². The van der Waals surface area contributed by atoms with E-state index >= 15 is 0 Å². The fourth-order valence-electron chi connectivity index (χ4n) is 2.16. The molecule has 0 saturated heterocycles. The van der Waals surface area contributed by atoms with Crippen LogP contribution in [-0.2, 0) is 12.8 Å². The minimum Gasteiger partial charge on any atom is -0.310 e. The van der Waals surface area contributed by atoms with Crippen LogP contribution in [0.1, 0.15) is 50.9 Å². The molecule has 0 amide bonds. The van der Waals surface area contributed by atoms with Gasteiger partial charge in [-0.15, -0.1) is 5.10 Å². The van der Waals surface area contributed by atoms with Crippen molar-refractivity contribution in [2.75, 3.05) is 6.54 Å². The molecule has 0 bridgehead atoms. The van der Waals surface area contributed by atoms with Crippen molar-refractivity contribution in [3.05, 3.63) is 35.5 Å². The molecular weight excluding hydrogens is 250 g/mol. The Labute approximate surface area is 120 Å². The standard InChI is InChI=1S/C15H23N5/c1-5-13-18-14(6-2)20(19-13)15-9-8-12(10-17-15)11(4)16-7-3/h8-11,16H,5-7H2,1-4H3. The van der Waals surface area contributed by atoms with Gasteiger partial charge in [-0.25, -0.2) is 9.97 Å². The molecular formula is C15H23N5. The van der Waals surface area contributed by atoms with Crippen molar-refractivity contribution in [1.29, 1.82) is 0 Å². The van der Waals surface area contributed by atoms with Gasteiger partial charge < -0.3 is 5.32 Å². The smallest absolute Gasteiger partial charge is 0.155 e. The molecule has 0 fully saturated rings. The first-order chi connectivity index (χ1) is 9.69. The molecule has 1 atom stereocenters. The fourth-order valence-corrected chi connectivity index (χ4v) is 2.16. The van der Waals surface area contributed by atoms with Gasteiger partial charge >= 0.3 is 0 Å². The zero-order valence-corrected chi connectivity index (χ0v) is 12.7. The molecule has 0 saturated carbocycles. The van der Waals surface area contributed by atoms with Crippen LogP contribution >= 0.6 is 0 Å². The van der Waals surface area contributed by atoms with Crippen LogP contribution in [0.25, 0.3) is 5.82 Å². The number of aryl methyl sites for hydroxylation is 2. The van der Waals surface area contributed by atoms with Crippen molar-refractivity contribution in [2.24, 2.45) is 0 Å². The summed E-state index contributed by atoms with van der Waals surface area (Å²) >= 11 is 0. The summed E-state index contributed by atoms with van der Waals surface area (Å²) in [5.41, 5.74) is 1.18. The van der Waals surface area contributed by atoms with Crippen LogP contribution in [-0.4, -0.2) is 26.3 Å². The first-order valence-electron chi connectivity index (χ1n) is 7.34. The average molecular weight is 273 g/mol. The minimum atomic E-state index is 0.314. The first-order valence-corrected chi connectivity index (χ1v) is 7.34. The maximum absolute atomic E-state index is 4.53. The Balaban J connectivity index is 2.27. The van der Waals surface area contributed by atoms with Crippen LogP contribution in [0.15, 0.2) is 18.3 Å². The van der Waals surface area contributed by atoms with E-state index in [1.165, 1.54) is 5.56 Å². The topological polar surface area (TPSA) is 55.6 Å². The van der Waals surface area contributed by atoms with E-state index in [1.807, 2.05) is 16.9 Å². The van der Waals surface area contributed by atoms with Crippen molar-refractivity contribution >= 4 is 0 Å². The van der Waals surface area contributed by atoms with E-state index in [9.17, 15) is 0 Å². The van der Waals surface area contributed by atoms with Crippen molar-refractivity contribution in [2.45, 2.75) is 46.6 Å². The highest BCUT2D eigenvalue weighted by Crippen LogP contribution is 2.14. The highest BCUT2D eigenvalue weighted by atomic mass is 15.4. The average Bonchev–Trinajstić information content (AvgIpc) is 2.91. The summed E-state index contributed by atoms with van der Waals surface area (Å²) in [6.07, 6.45) is 3.61. The van der Waals surface area contributed by atoms with Gasteiger partial charge in [-0.1, -0.05) is 26.8 Å². The molecule has 2 aromatic rings. The van der Waals surface area contributed by atoms with Gasteiger partial charge in [-0.3, -0.25) is 0 Å². The molecule has 2 rings (SSSR count). The number of nitrogens with one attached hydrogen (secondary N) is 1. The van der Waals surface area contributed by atoms with Gasteiger partial charge in [-0.2, -0.15) is 4.68 Å². The van der Waals surface area contributed by atoms with Crippen LogP contribution in [0, 0.1) is 0 Å². The number of rotatable bonds is 6. The summed E-state index contributed by atoms with van der Waals surface area (Å²) in [6.45, 7) is 9.34. The third kappa shape index (κ3) is 3.04. The molecule has 2 aromatic heterocycles. The van der Waals surface area contributed by atoms with Crippen LogP contribution in [0.2, 0.25) is 0 Å². The second-order valence-electron chi connectivity index (χ2n) is 4.79. The first kappa shape index (κ1) is 14.7. The zero-order chi connectivity index (χ0) is 14.5. The van der Waals surface area contributed by atoms with Crippen molar-refractivity contribution in [1.82, 2.24) is 25.1 Å². The number of hydrogen-bond donors (Lipinski definition) is 1. The molecule has 2 heterocycles. The maximum Gasteiger partial charge on any atom is 0.155 e. The molecule has 0 aliphatic heterocycles. The van der Waals surface area contributed by atoms with E-state index in [0.717, 1.165) is 36.9 Å². The van der Waals surface area contributed by atoms with Gasteiger partial charge in [0.1, 0.15) is 5.82 Å². The Kier molecular flexibility index (Phi) is 4.84. The second kappa shape index (κ2) is 6.61. The molecule has 1 N–H and O–H groups in total. The third-order valence-corrected chi connectivity index (χ3v) is 3.35. The number of nitrogens with zero attached hydrogens (tertiary/aromatic N) is 4. The Morgan fingerprint density at radius 2 is 2.00 bits per heavy atom. The predicted molar refractivity (Wildman–Crippen MR) is 80.0 cm³/mol. The van der Waals surface area contributed by atoms with Gasteiger partial charge in [-0.05, 0) is 25.1 Å². The molecule has 0 spiro atoms. The molecule has 0 aliphatic carbocycles. The Morgan fingerprint density at radius 3 is 2.55 bits per heavy atom. The Bertz CT molecular complexity index is 544. The number of pyridine rings is 1. The third-order valence-electron chi connectivity index (χ3n) is 3.35. The quantitative estimate of drug-likeness (QED) is 0.878. The molecule has 5 nitrogen and oxygen atoms in total. The monoisotopic (exact) mass is 273 g/mol. The van der Waals surface area contributed by atoms with E-state index in [-0.39, 0.29) is 0 Å². The molecule has 0 radical (unpaired) electrons. The minimum absolute atomic E-state index is 0.314. The Hall–Kier alpha value is -1.75. The SMILES string of the molecule is CCNC(C)c1ccc(-n2nc(CC)nc2CC)nc1. The summed E-state index contributed by atoms with van der Waals surface area (Å²) in [5, 5.41) is 7.89. The molecule has 20 heavy (non-hydrogen) atoms. The normalized spacial score (nSPS) is 12.6. The molecule has 0 aromatic carbocycles. The van der Waals surface area contributed by atoms with Gasteiger partial charge in [0, 0.05) is 25.1 Å². The van der Waals surface area contributed by atoms with Gasteiger partial charge in [0.25, 0.3) is 0 Å². The molecule has 0 aliphatic rings. The van der Waals surface area contributed by atoms with Gasteiger partial charge in [0.2, 0.25) is 0 Å². The van der Waals surface area contributed by atoms with Crippen molar-refractivity contribution in [3.8, 4) is 5.82 Å². The lowest BCUT2D eigenvalue weighted by atomic mass is 10.1. The summed E-state index contributed by atoms with van der Waals surface area (Å²) in [4.78, 5) is 9.04. The number of aromatic nitrogens is 4. The van der Waals surface area contributed by atoms with Crippen LogP contribution in [0.5, 0.6) is 0 Å². The van der Waals surface area contributed by atoms with Crippen LogP contribution < -0.4 is 5.32 Å². The van der Waals surface area contributed by atoms with E-state index in [0.29, 0.717) is 6.04 Å². The van der Waals surface area contributed by atoms with Crippen molar-refractivity contribution < 1.29 is 0 Å². The summed E-state index contributed by atoms with van der Waals surface area (Å²) in [6, 6.07) is 4.42. The van der Waals surface area contributed by atoms with Gasteiger partial charge in [0.05, 0.1) is 0 Å². The lowest BCUT2D eigenvalue weighted by Gasteiger charge is -2.12. The zero-order valence-electron chi connectivity index (χ0n) is 12.7. The molecule has 108 valence electrons. The van der Waals surface area contributed by atoms with Crippen LogP contribution in [0.4, 0.5) is 0 Å². The van der Waals surface area contributed by atoms with E-state index in [4.69, 9.17) is 0 Å². The summed E-state index contributed by atoms with van der Waals surface area (Å²) in [7, 11) is 0. The number of hydrogen-bond acceptors (Lipinski definition) is 4. The lowest BCUT2D eigenvalue weighted by Crippen LogP contribution is -2.18. The second-order valence-corrected chi connectivity index (χ2v) is 4.79. The summed E-state index contributed by atoms with van der Waals surface area (Å²) in [5.74, 6) is 2.66. The maximum atomic E-state index is 4.53. The molecule has 5 heteroatoms. The lowest BCUT2D eigenvalue weighted by molar-refractivity contribution is 0.595. The van der Waals surface area contributed by atoms with Crippen LogP contribution in [0.3, 0.4) is 0 Å². The van der Waals surface area contributed by atoms with E-state index in [2.05, 4.69) is 54.1 Å². The van der Waals surface area contributed by atoms with Crippen molar-refractivity contribution in [3.63, 3.8) is 0 Å². The Morgan fingerprint density at radius 1 is 1.20 bits per heavy atom. The highest BCUT2D eigenvalue weighted by molar-refractivity contribution is 5.27. The highest BCUT2D eigenvalue weighted by Gasteiger charge is 2.11. The van der Waals surface area contributed by atoms with E-state index < -0.39 is 0 Å². The largest absolute Gasteiger partial charge is 0.310 e. The molecule has 1 unspecified atom stereocenters. The fraction of sp³-hybridized carbons (Fsp3) is 0.533. The van der Waals surface area contributed by atoms with E-state index in [1.54, 1.807) is 0 Å².